The number of halogens is 1. The molecule has 0 radical (unpaired) electrons. The van der Waals surface area contributed by atoms with Gasteiger partial charge in [0.1, 0.15) is 5.75 Å². The Bertz CT molecular complexity index is 449. The van der Waals surface area contributed by atoms with Crippen molar-refractivity contribution in [3.05, 3.63) is 28.7 Å². The SMILES string of the molecule is CCOC(CS(=O)(=O)c1ccc(Br)cc1)OCC. The first-order valence-electron chi connectivity index (χ1n) is 5.71. The minimum absolute atomic E-state index is 0.170. The summed E-state index contributed by atoms with van der Waals surface area (Å²) in [6.45, 7) is 4.44. The van der Waals surface area contributed by atoms with Crippen molar-refractivity contribution in [3.63, 3.8) is 0 Å². The van der Waals surface area contributed by atoms with E-state index >= 15 is 0 Å². The third-order valence-corrected chi connectivity index (χ3v) is 4.46. The molecule has 0 amide bonds. The Morgan fingerprint density at radius 3 is 2.06 bits per heavy atom. The predicted molar refractivity (Wildman–Crippen MR) is 73.2 cm³/mol. The zero-order valence-corrected chi connectivity index (χ0v) is 12.8. The lowest BCUT2D eigenvalue weighted by Gasteiger charge is -2.16. The van der Waals surface area contributed by atoms with Gasteiger partial charge in [0.05, 0.1) is 4.90 Å². The second-order valence-electron chi connectivity index (χ2n) is 3.58. The summed E-state index contributed by atoms with van der Waals surface area (Å²) in [5, 5.41) is 0. The van der Waals surface area contributed by atoms with Crippen LogP contribution in [0.25, 0.3) is 0 Å². The molecule has 0 spiro atoms. The average Bonchev–Trinajstić information content (AvgIpc) is 2.29. The van der Waals surface area contributed by atoms with Crippen LogP contribution in [-0.4, -0.2) is 33.7 Å². The lowest BCUT2D eigenvalue weighted by Crippen LogP contribution is -2.27. The van der Waals surface area contributed by atoms with E-state index in [-0.39, 0.29) is 10.6 Å². The fourth-order valence-corrected chi connectivity index (χ4v) is 2.99. The van der Waals surface area contributed by atoms with Gasteiger partial charge in [0.15, 0.2) is 16.1 Å². The van der Waals surface area contributed by atoms with Crippen LogP contribution in [0, 0.1) is 0 Å². The standard InChI is InChI=1S/C12H17BrO4S/c1-3-16-12(17-4-2)9-18(14,15)11-7-5-10(13)6-8-11/h5-8,12H,3-4,9H2,1-2H3. The van der Waals surface area contributed by atoms with E-state index in [0.29, 0.717) is 13.2 Å². The van der Waals surface area contributed by atoms with Gasteiger partial charge in [-0.25, -0.2) is 8.42 Å². The van der Waals surface area contributed by atoms with E-state index in [1.54, 1.807) is 38.1 Å². The Balaban J connectivity index is 2.82. The predicted octanol–water partition coefficient (Wildman–Crippen LogP) is 2.62. The smallest absolute Gasteiger partial charge is 0.183 e. The minimum atomic E-state index is -3.39. The quantitative estimate of drug-likeness (QED) is 0.718. The normalized spacial score (nSPS) is 12.0. The molecule has 0 aliphatic rings. The Labute approximate surface area is 116 Å². The van der Waals surface area contributed by atoms with Gasteiger partial charge >= 0.3 is 0 Å². The van der Waals surface area contributed by atoms with E-state index < -0.39 is 16.1 Å². The molecular weight excluding hydrogens is 320 g/mol. The molecule has 0 unspecified atom stereocenters. The van der Waals surface area contributed by atoms with Crippen LogP contribution >= 0.6 is 15.9 Å². The Morgan fingerprint density at radius 2 is 1.61 bits per heavy atom. The summed E-state index contributed by atoms with van der Waals surface area (Å²) < 4.78 is 35.6. The van der Waals surface area contributed by atoms with E-state index in [1.165, 1.54) is 0 Å². The lowest BCUT2D eigenvalue weighted by molar-refractivity contribution is -0.120. The molecule has 0 fully saturated rings. The zero-order valence-electron chi connectivity index (χ0n) is 10.4. The van der Waals surface area contributed by atoms with E-state index in [9.17, 15) is 8.42 Å². The maximum atomic E-state index is 12.1. The van der Waals surface area contributed by atoms with Crippen LogP contribution in [-0.2, 0) is 19.3 Å². The summed E-state index contributed by atoms with van der Waals surface area (Å²) in [6.07, 6.45) is -0.714. The Hall–Kier alpha value is -0.430. The van der Waals surface area contributed by atoms with Crippen LogP contribution in [0.3, 0.4) is 0 Å². The summed E-state index contributed by atoms with van der Waals surface area (Å²) in [7, 11) is -3.39. The van der Waals surface area contributed by atoms with Crippen LogP contribution in [0.5, 0.6) is 0 Å². The van der Waals surface area contributed by atoms with Crippen molar-refractivity contribution in [2.45, 2.75) is 25.0 Å². The van der Waals surface area contributed by atoms with Crippen molar-refractivity contribution in [1.82, 2.24) is 0 Å². The van der Waals surface area contributed by atoms with E-state index in [4.69, 9.17) is 9.47 Å². The highest BCUT2D eigenvalue weighted by Gasteiger charge is 2.21. The molecule has 1 aromatic carbocycles. The second kappa shape index (κ2) is 7.23. The van der Waals surface area contributed by atoms with E-state index in [0.717, 1.165) is 4.47 Å². The number of rotatable bonds is 7. The number of ether oxygens (including phenoxy) is 2. The molecule has 102 valence electrons. The molecule has 0 aromatic heterocycles. The molecule has 0 heterocycles. The van der Waals surface area contributed by atoms with Crippen LogP contribution in [0.4, 0.5) is 0 Å². The van der Waals surface area contributed by atoms with Crippen molar-refractivity contribution in [2.75, 3.05) is 19.0 Å². The fraction of sp³-hybridized carbons (Fsp3) is 0.500. The van der Waals surface area contributed by atoms with Gasteiger partial charge in [0.2, 0.25) is 0 Å². The Kier molecular flexibility index (Phi) is 6.28. The largest absolute Gasteiger partial charge is 0.352 e. The molecule has 6 heteroatoms. The third kappa shape index (κ3) is 4.68. The molecule has 0 saturated carbocycles. The highest BCUT2D eigenvalue weighted by atomic mass is 79.9. The van der Waals surface area contributed by atoms with Gasteiger partial charge in [-0.05, 0) is 38.1 Å². The van der Waals surface area contributed by atoms with Crippen molar-refractivity contribution >= 4 is 25.8 Å². The average molecular weight is 337 g/mol. The third-order valence-electron chi connectivity index (χ3n) is 2.23. The Morgan fingerprint density at radius 1 is 1.11 bits per heavy atom. The molecular formula is C12H17BrO4S. The summed E-state index contributed by atoms with van der Waals surface area (Å²) in [5.41, 5.74) is 0. The molecule has 1 rings (SSSR count). The van der Waals surface area contributed by atoms with Gasteiger partial charge < -0.3 is 9.47 Å². The van der Waals surface area contributed by atoms with Crippen molar-refractivity contribution in [1.29, 1.82) is 0 Å². The van der Waals surface area contributed by atoms with Gasteiger partial charge in [-0.15, -0.1) is 0 Å². The number of benzene rings is 1. The maximum Gasteiger partial charge on any atom is 0.183 e. The summed E-state index contributed by atoms with van der Waals surface area (Å²) in [5.74, 6) is -0.170. The van der Waals surface area contributed by atoms with Crippen molar-refractivity contribution in [2.24, 2.45) is 0 Å². The van der Waals surface area contributed by atoms with Crippen LogP contribution in [0.15, 0.2) is 33.6 Å². The second-order valence-corrected chi connectivity index (χ2v) is 6.53. The molecule has 0 aliphatic carbocycles. The zero-order chi connectivity index (χ0) is 13.6. The number of sulfone groups is 1. The van der Waals surface area contributed by atoms with E-state index in [1.807, 2.05) is 0 Å². The first-order valence-corrected chi connectivity index (χ1v) is 8.15. The minimum Gasteiger partial charge on any atom is -0.352 e. The topological polar surface area (TPSA) is 52.6 Å². The summed E-state index contributed by atoms with van der Waals surface area (Å²) in [4.78, 5) is 0.273. The highest BCUT2D eigenvalue weighted by Crippen LogP contribution is 2.17. The van der Waals surface area contributed by atoms with Gasteiger partial charge in [0, 0.05) is 17.7 Å². The summed E-state index contributed by atoms with van der Waals surface area (Å²) >= 11 is 3.27. The first-order chi connectivity index (χ1) is 8.49. The van der Waals surface area contributed by atoms with Crippen LogP contribution < -0.4 is 0 Å². The molecule has 0 atom stereocenters. The van der Waals surface area contributed by atoms with Gasteiger partial charge in [0.25, 0.3) is 0 Å². The van der Waals surface area contributed by atoms with Gasteiger partial charge in [-0.1, -0.05) is 15.9 Å². The van der Waals surface area contributed by atoms with Crippen LogP contribution in [0.2, 0.25) is 0 Å². The molecule has 0 N–H and O–H groups in total. The number of hydrogen-bond donors (Lipinski definition) is 0. The van der Waals surface area contributed by atoms with Crippen molar-refractivity contribution in [3.8, 4) is 0 Å². The molecule has 0 aliphatic heterocycles. The van der Waals surface area contributed by atoms with Gasteiger partial charge in [-0.3, -0.25) is 0 Å². The molecule has 4 nitrogen and oxygen atoms in total. The molecule has 0 bridgehead atoms. The van der Waals surface area contributed by atoms with Gasteiger partial charge in [-0.2, -0.15) is 0 Å². The fourth-order valence-electron chi connectivity index (χ4n) is 1.43. The monoisotopic (exact) mass is 336 g/mol. The first kappa shape index (κ1) is 15.6. The maximum absolute atomic E-state index is 12.1. The van der Waals surface area contributed by atoms with Crippen molar-refractivity contribution < 1.29 is 17.9 Å². The lowest BCUT2D eigenvalue weighted by atomic mass is 10.4. The molecule has 18 heavy (non-hydrogen) atoms. The van der Waals surface area contributed by atoms with E-state index in [2.05, 4.69) is 15.9 Å². The molecule has 0 saturated heterocycles. The summed E-state index contributed by atoms with van der Waals surface area (Å²) in [6, 6.07) is 6.52. The molecule has 1 aromatic rings. The highest BCUT2D eigenvalue weighted by molar-refractivity contribution is 9.10. The number of hydrogen-bond acceptors (Lipinski definition) is 4. The van der Waals surface area contributed by atoms with Crippen LogP contribution in [0.1, 0.15) is 13.8 Å².